The molecule has 1 aliphatic heterocycles. The number of rotatable bonds is 7. The van der Waals surface area contributed by atoms with E-state index in [0.29, 0.717) is 23.0 Å². The van der Waals surface area contributed by atoms with Gasteiger partial charge in [0.25, 0.3) is 5.91 Å². The van der Waals surface area contributed by atoms with E-state index in [4.69, 9.17) is 4.52 Å². The van der Waals surface area contributed by atoms with Gasteiger partial charge in [0.05, 0.1) is 11.3 Å². The van der Waals surface area contributed by atoms with Crippen molar-refractivity contribution in [3.8, 4) is 0 Å². The Labute approximate surface area is 174 Å². The fourth-order valence-electron chi connectivity index (χ4n) is 3.52. The minimum absolute atomic E-state index is 0.0265. The lowest BCUT2D eigenvalue weighted by Gasteiger charge is -2.17. The molecule has 7 heteroatoms. The molecule has 0 saturated carbocycles. The summed E-state index contributed by atoms with van der Waals surface area (Å²) in [6.07, 6.45) is 0.967. The first-order valence-corrected chi connectivity index (χ1v) is 10.7. The average Bonchev–Trinajstić information content (AvgIpc) is 3.36. The van der Waals surface area contributed by atoms with Gasteiger partial charge in [-0.25, -0.2) is 0 Å². The Balaban J connectivity index is 1.34. The van der Waals surface area contributed by atoms with Crippen LogP contribution in [0.15, 0.2) is 64.0 Å². The summed E-state index contributed by atoms with van der Waals surface area (Å²) in [4.78, 5) is 20.4. The normalized spacial score (nSPS) is 16.8. The number of aromatic nitrogens is 2. The molecule has 1 atom stereocenters. The van der Waals surface area contributed by atoms with Gasteiger partial charge in [0.1, 0.15) is 0 Å². The van der Waals surface area contributed by atoms with Crippen molar-refractivity contribution in [3.05, 3.63) is 77.4 Å². The number of benzene rings is 2. The third-order valence-corrected chi connectivity index (χ3v) is 5.97. The second kappa shape index (κ2) is 9.24. The largest absolute Gasteiger partial charge is 0.348 e. The molecule has 1 aromatic heterocycles. The maximum absolute atomic E-state index is 12.9. The highest BCUT2D eigenvalue weighted by molar-refractivity contribution is 7.98. The zero-order valence-corrected chi connectivity index (χ0v) is 17.2. The second-order valence-corrected chi connectivity index (χ2v) is 8.22. The lowest BCUT2D eigenvalue weighted by atomic mass is 10.2. The molecule has 0 spiro atoms. The summed E-state index contributed by atoms with van der Waals surface area (Å²) in [5.41, 5.74) is 1.99. The van der Waals surface area contributed by atoms with Crippen LogP contribution >= 0.6 is 11.8 Å². The van der Waals surface area contributed by atoms with Crippen molar-refractivity contribution in [2.75, 3.05) is 13.1 Å². The molecular formula is C22H24N4O2S. The average molecular weight is 409 g/mol. The number of amides is 1. The van der Waals surface area contributed by atoms with Crippen molar-refractivity contribution in [2.24, 2.45) is 0 Å². The number of aryl methyl sites for hydroxylation is 1. The van der Waals surface area contributed by atoms with Crippen LogP contribution in [0.2, 0.25) is 0 Å². The van der Waals surface area contributed by atoms with Gasteiger partial charge >= 0.3 is 0 Å². The summed E-state index contributed by atoms with van der Waals surface area (Å²) in [5.74, 6) is 1.70. The van der Waals surface area contributed by atoms with E-state index in [1.54, 1.807) is 6.92 Å². The smallest absolute Gasteiger partial charge is 0.252 e. The van der Waals surface area contributed by atoms with Gasteiger partial charge in [-0.05, 0) is 31.0 Å². The van der Waals surface area contributed by atoms with Gasteiger partial charge in [0.15, 0.2) is 5.82 Å². The first-order chi connectivity index (χ1) is 14.2. The van der Waals surface area contributed by atoms with E-state index in [1.807, 2.05) is 30.3 Å². The van der Waals surface area contributed by atoms with E-state index in [1.165, 1.54) is 17.3 Å². The predicted octanol–water partition coefficient (Wildman–Crippen LogP) is 3.67. The first-order valence-electron chi connectivity index (χ1n) is 9.75. The number of carbonyl (C=O) groups excluding carboxylic acids is 1. The first kappa shape index (κ1) is 19.7. The molecule has 3 aromatic rings. The fourth-order valence-corrected chi connectivity index (χ4v) is 4.40. The standard InChI is InChI=1S/C22H24N4O2S/c1-16-23-21(28-25-16)15-29-20-10-6-5-9-19(20)22(27)24-18-11-12-26(14-18)13-17-7-3-2-4-8-17/h2-10,18H,11-15H2,1H3,(H,24,27). The maximum atomic E-state index is 12.9. The predicted molar refractivity (Wildman–Crippen MR) is 113 cm³/mol. The third-order valence-electron chi connectivity index (χ3n) is 4.91. The highest BCUT2D eigenvalue weighted by Gasteiger charge is 2.25. The molecular weight excluding hydrogens is 384 g/mol. The van der Waals surface area contributed by atoms with Crippen molar-refractivity contribution in [2.45, 2.75) is 36.6 Å². The number of hydrogen-bond donors (Lipinski definition) is 1. The van der Waals surface area contributed by atoms with E-state index in [0.717, 1.165) is 31.0 Å². The minimum Gasteiger partial charge on any atom is -0.348 e. The molecule has 2 heterocycles. The number of thioether (sulfide) groups is 1. The van der Waals surface area contributed by atoms with E-state index in [-0.39, 0.29) is 11.9 Å². The highest BCUT2D eigenvalue weighted by atomic mass is 32.2. The zero-order valence-electron chi connectivity index (χ0n) is 16.4. The molecule has 0 radical (unpaired) electrons. The van der Waals surface area contributed by atoms with Gasteiger partial charge in [0.2, 0.25) is 5.89 Å². The molecule has 1 amide bonds. The molecule has 1 unspecified atom stereocenters. The Morgan fingerprint density at radius 1 is 1.21 bits per heavy atom. The Bertz CT molecular complexity index is 960. The zero-order chi connectivity index (χ0) is 20.1. The van der Waals surface area contributed by atoms with Gasteiger partial charge in [0, 0.05) is 30.6 Å². The number of likely N-dealkylation sites (tertiary alicyclic amines) is 1. The Kier molecular flexibility index (Phi) is 6.27. The van der Waals surface area contributed by atoms with Crippen LogP contribution < -0.4 is 5.32 Å². The van der Waals surface area contributed by atoms with Crippen molar-refractivity contribution >= 4 is 17.7 Å². The number of nitrogens with zero attached hydrogens (tertiary/aromatic N) is 3. The van der Waals surface area contributed by atoms with Gasteiger partial charge in [-0.15, -0.1) is 11.8 Å². The monoisotopic (exact) mass is 408 g/mol. The third kappa shape index (κ3) is 5.25. The Morgan fingerprint density at radius 3 is 2.79 bits per heavy atom. The van der Waals surface area contributed by atoms with Crippen LogP contribution in [0, 0.1) is 6.92 Å². The molecule has 4 rings (SSSR count). The van der Waals surface area contributed by atoms with Crippen LogP contribution in [0.5, 0.6) is 0 Å². The fraction of sp³-hybridized carbons (Fsp3) is 0.318. The molecule has 1 aliphatic rings. The Hall–Kier alpha value is -2.64. The van der Waals surface area contributed by atoms with E-state index in [9.17, 15) is 4.79 Å². The van der Waals surface area contributed by atoms with E-state index in [2.05, 4.69) is 44.6 Å². The molecule has 1 fully saturated rings. The summed E-state index contributed by atoms with van der Waals surface area (Å²) >= 11 is 1.53. The van der Waals surface area contributed by atoms with Crippen molar-refractivity contribution in [1.29, 1.82) is 0 Å². The van der Waals surface area contributed by atoms with Crippen LogP contribution in [0.4, 0.5) is 0 Å². The van der Waals surface area contributed by atoms with Crippen LogP contribution in [-0.4, -0.2) is 40.1 Å². The summed E-state index contributed by atoms with van der Waals surface area (Å²) in [6, 6.07) is 18.3. The highest BCUT2D eigenvalue weighted by Crippen LogP contribution is 2.26. The molecule has 0 bridgehead atoms. The molecule has 2 aromatic carbocycles. The van der Waals surface area contributed by atoms with Crippen LogP contribution in [0.3, 0.4) is 0 Å². The number of nitrogens with one attached hydrogen (secondary N) is 1. The van der Waals surface area contributed by atoms with Gasteiger partial charge in [-0.1, -0.05) is 47.6 Å². The van der Waals surface area contributed by atoms with E-state index >= 15 is 0 Å². The van der Waals surface area contributed by atoms with Gasteiger partial charge in [-0.3, -0.25) is 9.69 Å². The molecule has 1 N–H and O–H groups in total. The van der Waals surface area contributed by atoms with Gasteiger partial charge < -0.3 is 9.84 Å². The lowest BCUT2D eigenvalue weighted by molar-refractivity contribution is 0.0934. The second-order valence-electron chi connectivity index (χ2n) is 7.20. The Morgan fingerprint density at radius 2 is 2.00 bits per heavy atom. The summed E-state index contributed by atoms with van der Waals surface area (Å²) in [5, 5.41) is 7.02. The molecule has 6 nitrogen and oxygen atoms in total. The quantitative estimate of drug-likeness (QED) is 0.602. The number of carbonyl (C=O) groups is 1. The minimum atomic E-state index is -0.0265. The SMILES string of the molecule is Cc1noc(CSc2ccccc2C(=O)NC2CCN(Cc3ccccc3)C2)n1. The maximum Gasteiger partial charge on any atom is 0.252 e. The van der Waals surface area contributed by atoms with Crippen LogP contribution in [0.1, 0.15) is 34.1 Å². The van der Waals surface area contributed by atoms with Crippen molar-refractivity contribution in [3.63, 3.8) is 0 Å². The molecule has 150 valence electrons. The molecule has 1 saturated heterocycles. The van der Waals surface area contributed by atoms with Crippen molar-refractivity contribution in [1.82, 2.24) is 20.4 Å². The van der Waals surface area contributed by atoms with Crippen LogP contribution in [-0.2, 0) is 12.3 Å². The molecule has 29 heavy (non-hydrogen) atoms. The summed E-state index contributed by atoms with van der Waals surface area (Å²) < 4.78 is 5.17. The van der Waals surface area contributed by atoms with E-state index < -0.39 is 0 Å². The topological polar surface area (TPSA) is 71.3 Å². The lowest BCUT2D eigenvalue weighted by Crippen LogP contribution is -2.37. The van der Waals surface area contributed by atoms with Crippen molar-refractivity contribution < 1.29 is 9.32 Å². The number of hydrogen-bond acceptors (Lipinski definition) is 6. The summed E-state index contributed by atoms with van der Waals surface area (Å²) in [6.45, 7) is 4.58. The van der Waals surface area contributed by atoms with Crippen LogP contribution in [0.25, 0.3) is 0 Å². The van der Waals surface area contributed by atoms with Gasteiger partial charge in [-0.2, -0.15) is 4.98 Å². The molecule has 0 aliphatic carbocycles. The summed E-state index contributed by atoms with van der Waals surface area (Å²) in [7, 11) is 0.